The Hall–Kier alpha value is -3.03. The van der Waals surface area contributed by atoms with Crippen molar-refractivity contribution in [2.75, 3.05) is 24.9 Å². The Morgan fingerprint density at radius 2 is 1.68 bits per heavy atom. The van der Waals surface area contributed by atoms with Gasteiger partial charge in [0, 0.05) is 6.07 Å². The van der Waals surface area contributed by atoms with Crippen LogP contribution in [0.4, 0.5) is 22.1 Å². The van der Waals surface area contributed by atoms with Gasteiger partial charge in [-0.1, -0.05) is 0 Å². The number of aromatic nitrogens is 2. The van der Waals surface area contributed by atoms with Crippen LogP contribution in [0.5, 0.6) is 11.5 Å². The molecule has 1 aromatic carbocycles. The van der Waals surface area contributed by atoms with Crippen molar-refractivity contribution < 1.29 is 19.0 Å². The van der Waals surface area contributed by atoms with Gasteiger partial charge < -0.3 is 19.5 Å². The average molecular weight is 346 g/mol. The quantitative estimate of drug-likeness (QED) is 0.854. The minimum Gasteiger partial charge on any atom is -0.497 e. The second-order valence-electron chi connectivity index (χ2n) is 6.12. The molecule has 0 saturated carbocycles. The fraction of sp³-hybridized carbons (Fsp3) is 0.353. The number of nitrogens with zero attached hydrogens (tertiary/aromatic N) is 2. The molecule has 8 nitrogen and oxygen atoms in total. The second-order valence-corrected chi connectivity index (χ2v) is 6.12. The number of hydrogen-bond acceptors (Lipinski definition) is 7. The Morgan fingerprint density at radius 3 is 2.24 bits per heavy atom. The van der Waals surface area contributed by atoms with E-state index in [0.29, 0.717) is 23.0 Å². The number of nitrogens with one attached hydrogen (secondary N) is 2. The molecule has 1 heterocycles. The van der Waals surface area contributed by atoms with Gasteiger partial charge in [0.1, 0.15) is 17.1 Å². The summed E-state index contributed by atoms with van der Waals surface area (Å²) in [4.78, 5) is 11.7. The van der Waals surface area contributed by atoms with Crippen LogP contribution in [0.15, 0.2) is 30.3 Å². The van der Waals surface area contributed by atoms with Crippen LogP contribution in [0, 0.1) is 0 Å². The third-order valence-electron chi connectivity index (χ3n) is 2.96. The van der Waals surface area contributed by atoms with Gasteiger partial charge in [0.2, 0.25) is 0 Å². The van der Waals surface area contributed by atoms with E-state index in [1.54, 1.807) is 65.3 Å². The van der Waals surface area contributed by atoms with Crippen molar-refractivity contribution >= 4 is 23.4 Å². The maximum atomic E-state index is 11.7. The zero-order chi connectivity index (χ0) is 18.4. The lowest BCUT2D eigenvalue weighted by atomic mass is 10.2. The summed E-state index contributed by atoms with van der Waals surface area (Å²) in [7, 11) is 3.16. The summed E-state index contributed by atoms with van der Waals surface area (Å²) >= 11 is 0. The summed E-state index contributed by atoms with van der Waals surface area (Å²) in [5.74, 6) is 2.09. The maximum Gasteiger partial charge on any atom is 0.413 e. The first-order valence-electron chi connectivity index (χ1n) is 7.63. The molecule has 25 heavy (non-hydrogen) atoms. The molecule has 2 rings (SSSR count). The van der Waals surface area contributed by atoms with Crippen molar-refractivity contribution in [3.8, 4) is 11.5 Å². The highest BCUT2D eigenvalue weighted by atomic mass is 16.6. The summed E-state index contributed by atoms with van der Waals surface area (Å²) < 4.78 is 15.7. The van der Waals surface area contributed by atoms with E-state index in [-0.39, 0.29) is 5.82 Å². The Labute approximate surface area is 146 Å². The van der Waals surface area contributed by atoms with Crippen LogP contribution < -0.4 is 20.1 Å². The van der Waals surface area contributed by atoms with E-state index in [1.807, 2.05) is 0 Å². The van der Waals surface area contributed by atoms with Crippen LogP contribution in [0.2, 0.25) is 0 Å². The molecule has 0 aliphatic carbocycles. The fourth-order valence-electron chi connectivity index (χ4n) is 1.92. The van der Waals surface area contributed by atoms with Gasteiger partial charge in [-0.15, -0.1) is 10.2 Å². The minimum atomic E-state index is -0.586. The van der Waals surface area contributed by atoms with E-state index in [0.717, 1.165) is 0 Å². The van der Waals surface area contributed by atoms with Crippen LogP contribution in [0.25, 0.3) is 0 Å². The van der Waals surface area contributed by atoms with Gasteiger partial charge in [-0.3, -0.25) is 5.32 Å². The summed E-state index contributed by atoms with van der Waals surface area (Å²) in [6, 6.07) is 8.66. The minimum absolute atomic E-state index is 0.289. The SMILES string of the molecule is COc1ccc(OC)c(Nc2ccc(NC(=O)OC(C)(C)C)nn2)c1. The number of benzene rings is 1. The van der Waals surface area contributed by atoms with Crippen LogP contribution in [0.1, 0.15) is 20.8 Å². The van der Waals surface area contributed by atoms with Crippen molar-refractivity contribution in [3.05, 3.63) is 30.3 Å². The molecule has 0 bridgehead atoms. The molecule has 8 heteroatoms. The third kappa shape index (κ3) is 5.52. The Morgan fingerprint density at radius 1 is 1.00 bits per heavy atom. The molecule has 0 atom stereocenters. The second kappa shape index (κ2) is 7.69. The number of anilines is 3. The maximum absolute atomic E-state index is 11.7. The topological polar surface area (TPSA) is 94.6 Å². The van der Waals surface area contributed by atoms with E-state index in [4.69, 9.17) is 14.2 Å². The van der Waals surface area contributed by atoms with Crippen molar-refractivity contribution in [3.63, 3.8) is 0 Å². The highest BCUT2D eigenvalue weighted by Crippen LogP contribution is 2.30. The zero-order valence-electron chi connectivity index (χ0n) is 14.9. The summed E-state index contributed by atoms with van der Waals surface area (Å²) in [5, 5.41) is 13.6. The van der Waals surface area contributed by atoms with Gasteiger partial charge in [-0.2, -0.15) is 0 Å². The number of ether oxygens (including phenoxy) is 3. The first-order chi connectivity index (χ1) is 11.8. The Kier molecular flexibility index (Phi) is 5.63. The highest BCUT2D eigenvalue weighted by molar-refractivity contribution is 5.83. The molecule has 0 spiro atoms. The van der Waals surface area contributed by atoms with Crippen molar-refractivity contribution in [2.24, 2.45) is 0 Å². The molecule has 1 aromatic heterocycles. The number of rotatable bonds is 5. The van der Waals surface area contributed by atoms with Crippen molar-refractivity contribution in [2.45, 2.75) is 26.4 Å². The van der Waals surface area contributed by atoms with Crippen molar-refractivity contribution in [1.82, 2.24) is 10.2 Å². The number of methoxy groups -OCH3 is 2. The molecule has 1 amide bonds. The van der Waals surface area contributed by atoms with Crippen LogP contribution >= 0.6 is 0 Å². The first kappa shape index (κ1) is 18.3. The lowest BCUT2D eigenvalue weighted by Crippen LogP contribution is -2.27. The van der Waals surface area contributed by atoms with E-state index in [2.05, 4.69) is 20.8 Å². The molecule has 0 unspecified atom stereocenters. The molecule has 0 aliphatic heterocycles. The largest absolute Gasteiger partial charge is 0.497 e. The van der Waals surface area contributed by atoms with Crippen LogP contribution in [-0.2, 0) is 4.74 Å². The summed E-state index contributed by atoms with van der Waals surface area (Å²) in [5.41, 5.74) is 0.103. The number of carbonyl (C=O) groups is 1. The van der Waals surface area contributed by atoms with E-state index >= 15 is 0 Å². The Bertz CT molecular complexity index is 726. The molecule has 0 saturated heterocycles. The van der Waals surface area contributed by atoms with E-state index in [1.165, 1.54) is 0 Å². The molecular weight excluding hydrogens is 324 g/mol. The number of hydrogen-bond donors (Lipinski definition) is 2. The number of amides is 1. The molecule has 0 aliphatic rings. The van der Waals surface area contributed by atoms with Gasteiger partial charge in [0.25, 0.3) is 0 Å². The standard InChI is InChI=1S/C17H22N4O4/c1-17(2,3)25-16(22)19-15-9-8-14(20-21-15)18-12-10-11(23-4)6-7-13(12)24-5/h6-10H,1-5H3,(H,18,20)(H,19,21,22). The highest BCUT2D eigenvalue weighted by Gasteiger charge is 2.16. The Balaban J connectivity index is 2.07. The lowest BCUT2D eigenvalue weighted by molar-refractivity contribution is 0.0635. The molecule has 0 fully saturated rings. The predicted molar refractivity (Wildman–Crippen MR) is 94.7 cm³/mol. The molecule has 2 N–H and O–H groups in total. The first-order valence-corrected chi connectivity index (χ1v) is 7.63. The van der Waals surface area contributed by atoms with Gasteiger partial charge in [0.15, 0.2) is 11.6 Å². The van der Waals surface area contributed by atoms with Crippen LogP contribution in [-0.4, -0.2) is 36.1 Å². The smallest absolute Gasteiger partial charge is 0.413 e. The van der Waals surface area contributed by atoms with E-state index < -0.39 is 11.7 Å². The van der Waals surface area contributed by atoms with Gasteiger partial charge >= 0.3 is 6.09 Å². The predicted octanol–water partition coefficient (Wildman–Crippen LogP) is 3.58. The fourth-order valence-corrected chi connectivity index (χ4v) is 1.92. The molecule has 0 radical (unpaired) electrons. The average Bonchev–Trinajstić information content (AvgIpc) is 2.54. The van der Waals surface area contributed by atoms with E-state index in [9.17, 15) is 4.79 Å². The monoisotopic (exact) mass is 346 g/mol. The van der Waals surface area contributed by atoms with Crippen molar-refractivity contribution in [1.29, 1.82) is 0 Å². The lowest BCUT2D eigenvalue weighted by Gasteiger charge is -2.19. The van der Waals surface area contributed by atoms with Gasteiger partial charge in [-0.25, -0.2) is 4.79 Å². The third-order valence-corrected chi connectivity index (χ3v) is 2.96. The summed E-state index contributed by atoms with van der Waals surface area (Å²) in [6.07, 6.45) is -0.586. The van der Waals surface area contributed by atoms with Gasteiger partial charge in [-0.05, 0) is 45.0 Å². The normalized spacial score (nSPS) is 10.8. The summed E-state index contributed by atoms with van der Waals surface area (Å²) in [6.45, 7) is 5.35. The molecule has 2 aromatic rings. The zero-order valence-corrected chi connectivity index (χ0v) is 14.9. The van der Waals surface area contributed by atoms with Gasteiger partial charge in [0.05, 0.1) is 19.9 Å². The molecule has 134 valence electrons. The molecular formula is C17H22N4O4. The number of carbonyl (C=O) groups excluding carboxylic acids is 1. The van der Waals surface area contributed by atoms with Crippen LogP contribution in [0.3, 0.4) is 0 Å².